The first kappa shape index (κ1) is 12.8. The summed E-state index contributed by atoms with van der Waals surface area (Å²) in [5.74, 6) is 4.07. The van der Waals surface area contributed by atoms with E-state index in [0.29, 0.717) is 5.69 Å². The van der Waals surface area contributed by atoms with Gasteiger partial charge in [0.05, 0.1) is 17.1 Å². The van der Waals surface area contributed by atoms with E-state index >= 15 is 0 Å². The van der Waals surface area contributed by atoms with E-state index in [0.717, 1.165) is 22.9 Å². The van der Waals surface area contributed by atoms with Gasteiger partial charge in [0.15, 0.2) is 0 Å². The van der Waals surface area contributed by atoms with Crippen LogP contribution in [0.5, 0.6) is 0 Å². The molecular weight excluding hydrogens is 280 g/mol. The molecule has 1 N–H and O–H groups in total. The Morgan fingerprint density at radius 1 is 1.47 bits per heavy atom. The van der Waals surface area contributed by atoms with Crippen molar-refractivity contribution in [1.82, 2.24) is 19.7 Å². The van der Waals surface area contributed by atoms with Gasteiger partial charge < -0.3 is 4.98 Å². The highest BCUT2D eigenvalue weighted by Gasteiger charge is 2.19. The van der Waals surface area contributed by atoms with Crippen LogP contribution in [0.2, 0.25) is 0 Å². The van der Waals surface area contributed by atoms with Crippen LogP contribution in [0.25, 0.3) is 11.3 Å². The SMILES string of the molecule is Cn1cc(-c2cc(=O)[nH]c(C3CSCCS3)n2)cn1. The van der Waals surface area contributed by atoms with E-state index in [1.54, 1.807) is 10.9 Å². The number of aromatic nitrogens is 4. The fourth-order valence-corrected chi connectivity index (χ4v) is 4.60. The maximum atomic E-state index is 11.8. The third-order valence-corrected chi connectivity index (χ3v) is 5.64. The Morgan fingerprint density at radius 3 is 3.05 bits per heavy atom. The Kier molecular flexibility index (Phi) is 3.65. The van der Waals surface area contributed by atoms with Gasteiger partial charge in [0.2, 0.25) is 0 Å². The van der Waals surface area contributed by atoms with Crippen molar-refractivity contribution in [3.05, 3.63) is 34.6 Å². The van der Waals surface area contributed by atoms with Crippen LogP contribution < -0.4 is 5.56 Å². The fourth-order valence-electron chi connectivity index (χ4n) is 1.98. The van der Waals surface area contributed by atoms with Crippen molar-refractivity contribution in [2.75, 3.05) is 17.3 Å². The summed E-state index contributed by atoms with van der Waals surface area (Å²) in [6.07, 6.45) is 3.60. The predicted octanol–water partition coefficient (Wildman–Crippen LogP) is 1.69. The lowest BCUT2D eigenvalue weighted by Gasteiger charge is -2.20. The number of thioether (sulfide) groups is 2. The molecule has 3 heterocycles. The first-order valence-electron chi connectivity index (χ1n) is 6.02. The van der Waals surface area contributed by atoms with Crippen molar-refractivity contribution in [3.63, 3.8) is 0 Å². The van der Waals surface area contributed by atoms with Gasteiger partial charge in [-0.25, -0.2) is 4.98 Å². The van der Waals surface area contributed by atoms with Gasteiger partial charge in [-0.15, -0.1) is 11.8 Å². The molecule has 0 bridgehead atoms. The maximum Gasteiger partial charge on any atom is 0.251 e. The molecule has 0 spiro atoms. The molecule has 1 unspecified atom stereocenters. The van der Waals surface area contributed by atoms with Crippen molar-refractivity contribution in [1.29, 1.82) is 0 Å². The summed E-state index contributed by atoms with van der Waals surface area (Å²) in [6, 6.07) is 1.53. The van der Waals surface area contributed by atoms with Crippen LogP contribution in [0.3, 0.4) is 0 Å². The first-order valence-corrected chi connectivity index (χ1v) is 8.22. The van der Waals surface area contributed by atoms with E-state index in [-0.39, 0.29) is 10.8 Å². The minimum Gasteiger partial charge on any atom is -0.310 e. The van der Waals surface area contributed by atoms with Crippen LogP contribution in [0.4, 0.5) is 0 Å². The number of H-pyrrole nitrogens is 1. The van der Waals surface area contributed by atoms with E-state index in [1.807, 2.05) is 36.8 Å². The van der Waals surface area contributed by atoms with E-state index in [2.05, 4.69) is 15.1 Å². The smallest absolute Gasteiger partial charge is 0.251 e. The van der Waals surface area contributed by atoms with Crippen LogP contribution in [0, 0.1) is 0 Å². The second kappa shape index (κ2) is 5.42. The minimum atomic E-state index is -0.0972. The molecule has 100 valence electrons. The highest BCUT2D eigenvalue weighted by molar-refractivity contribution is 8.06. The van der Waals surface area contributed by atoms with Crippen LogP contribution in [-0.2, 0) is 7.05 Å². The molecule has 1 aliphatic rings. The third kappa shape index (κ3) is 2.87. The quantitative estimate of drug-likeness (QED) is 0.913. The highest BCUT2D eigenvalue weighted by atomic mass is 32.2. The number of hydrogen-bond donors (Lipinski definition) is 1. The lowest BCUT2D eigenvalue weighted by atomic mass is 10.2. The van der Waals surface area contributed by atoms with Crippen molar-refractivity contribution in [2.24, 2.45) is 7.05 Å². The number of nitrogens with zero attached hydrogens (tertiary/aromatic N) is 3. The van der Waals surface area contributed by atoms with E-state index in [4.69, 9.17) is 0 Å². The number of rotatable bonds is 2. The minimum absolute atomic E-state index is 0.0972. The summed E-state index contributed by atoms with van der Waals surface area (Å²) in [5.41, 5.74) is 1.48. The van der Waals surface area contributed by atoms with E-state index < -0.39 is 0 Å². The molecule has 2 aromatic heterocycles. The topological polar surface area (TPSA) is 63.6 Å². The van der Waals surface area contributed by atoms with Gasteiger partial charge >= 0.3 is 0 Å². The lowest BCUT2D eigenvalue weighted by Crippen LogP contribution is -2.16. The molecule has 1 aliphatic heterocycles. The average molecular weight is 294 g/mol. The molecule has 7 heteroatoms. The second-order valence-electron chi connectivity index (χ2n) is 4.35. The normalized spacial score (nSPS) is 19.5. The molecule has 0 aliphatic carbocycles. The highest BCUT2D eigenvalue weighted by Crippen LogP contribution is 2.35. The van der Waals surface area contributed by atoms with Gasteiger partial charge in [-0.3, -0.25) is 9.48 Å². The Morgan fingerprint density at radius 2 is 2.37 bits per heavy atom. The number of hydrogen-bond acceptors (Lipinski definition) is 5. The number of aryl methyl sites for hydroxylation is 1. The van der Waals surface area contributed by atoms with Crippen molar-refractivity contribution in [2.45, 2.75) is 5.25 Å². The number of aromatic amines is 1. The molecular formula is C12H14N4OS2. The van der Waals surface area contributed by atoms with Gasteiger partial charge in [0, 0.05) is 42.1 Å². The van der Waals surface area contributed by atoms with Crippen LogP contribution >= 0.6 is 23.5 Å². The molecule has 3 rings (SSSR count). The zero-order valence-electron chi connectivity index (χ0n) is 10.5. The van der Waals surface area contributed by atoms with Crippen molar-refractivity contribution in [3.8, 4) is 11.3 Å². The van der Waals surface area contributed by atoms with Gasteiger partial charge in [-0.2, -0.15) is 16.9 Å². The zero-order chi connectivity index (χ0) is 13.2. The summed E-state index contributed by atoms with van der Waals surface area (Å²) < 4.78 is 1.71. The summed E-state index contributed by atoms with van der Waals surface area (Å²) in [5, 5.41) is 4.40. The Labute approximate surface area is 119 Å². The Bertz CT molecular complexity index is 631. The number of nitrogens with one attached hydrogen (secondary N) is 1. The van der Waals surface area contributed by atoms with Crippen LogP contribution in [0.1, 0.15) is 11.1 Å². The fraction of sp³-hybridized carbons (Fsp3) is 0.417. The van der Waals surface area contributed by atoms with Gasteiger partial charge in [-0.05, 0) is 0 Å². The first-order chi connectivity index (χ1) is 9.22. The molecule has 1 atom stereocenters. The van der Waals surface area contributed by atoms with E-state index in [1.165, 1.54) is 11.8 Å². The molecule has 0 aromatic carbocycles. The summed E-state index contributed by atoms with van der Waals surface area (Å²) in [6.45, 7) is 0. The largest absolute Gasteiger partial charge is 0.310 e. The molecule has 1 saturated heterocycles. The molecule has 19 heavy (non-hydrogen) atoms. The molecule has 0 amide bonds. The Balaban J connectivity index is 1.98. The Hall–Kier alpha value is -1.21. The van der Waals surface area contributed by atoms with Crippen LogP contribution in [0.15, 0.2) is 23.3 Å². The second-order valence-corrected chi connectivity index (χ2v) is 6.81. The van der Waals surface area contributed by atoms with Gasteiger partial charge in [0.1, 0.15) is 5.82 Å². The molecule has 0 saturated carbocycles. The lowest BCUT2D eigenvalue weighted by molar-refractivity contribution is 0.768. The van der Waals surface area contributed by atoms with Crippen molar-refractivity contribution < 1.29 is 0 Å². The molecule has 1 fully saturated rings. The standard InChI is InChI=1S/C12H14N4OS2/c1-16-6-8(5-13-16)9-4-11(17)15-12(14-9)10-7-18-2-3-19-10/h4-6,10H,2-3,7H2,1H3,(H,14,15,17). The van der Waals surface area contributed by atoms with Gasteiger partial charge in [0.25, 0.3) is 5.56 Å². The average Bonchev–Trinajstić information content (AvgIpc) is 2.86. The predicted molar refractivity (Wildman–Crippen MR) is 79.6 cm³/mol. The molecule has 5 nitrogen and oxygen atoms in total. The summed E-state index contributed by atoms with van der Waals surface area (Å²) in [7, 11) is 1.85. The monoisotopic (exact) mass is 294 g/mol. The molecule has 2 aromatic rings. The van der Waals surface area contributed by atoms with Crippen molar-refractivity contribution >= 4 is 23.5 Å². The third-order valence-electron chi connectivity index (χ3n) is 2.88. The molecule has 0 radical (unpaired) electrons. The summed E-state index contributed by atoms with van der Waals surface area (Å²) in [4.78, 5) is 19.3. The van der Waals surface area contributed by atoms with E-state index in [9.17, 15) is 4.79 Å². The summed E-state index contributed by atoms with van der Waals surface area (Å²) >= 11 is 3.77. The van der Waals surface area contributed by atoms with Gasteiger partial charge in [-0.1, -0.05) is 0 Å². The zero-order valence-corrected chi connectivity index (χ0v) is 12.1. The van der Waals surface area contributed by atoms with Crippen LogP contribution in [-0.4, -0.2) is 37.0 Å². The maximum absolute atomic E-state index is 11.8.